The number of nitrogens with zero attached hydrogens (tertiary/aromatic N) is 1. The summed E-state index contributed by atoms with van der Waals surface area (Å²) in [4.78, 5) is 48.5. The van der Waals surface area contributed by atoms with Crippen LogP contribution in [0, 0.1) is 5.92 Å². The Labute approximate surface area is 193 Å². The van der Waals surface area contributed by atoms with E-state index in [1.54, 1.807) is 30.5 Å². The first-order valence-corrected chi connectivity index (χ1v) is 11.6. The van der Waals surface area contributed by atoms with Crippen LogP contribution in [-0.2, 0) is 23.9 Å². The number of ether oxygens (including phenoxy) is 2. The summed E-state index contributed by atoms with van der Waals surface area (Å²) in [6.45, 7) is 2.34. The molecule has 1 fully saturated rings. The molecule has 3 rings (SSSR count). The van der Waals surface area contributed by atoms with E-state index in [-0.39, 0.29) is 24.7 Å². The number of pyridine rings is 1. The van der Waals surface area contributed by atoms with Crippen LogP contribution < -0.4 is 10.9 Å². The summed E-state index contributed by atoms with van der Waals surface area (Å²) in [6.07, 6.45) is 9.05. The van der Waals surface area contributed by atoms with Crippen LogP contribution in [0.5, 0.6) is 0 Å². The van der Waals surface area contributed by atoms with Gasteiger partial charge in [0.15, 0.2) is 0 Å². The van der Waals surface area contributed by atoms with E-state index in [2.05, 4.69) is 5.32 Å². The standard InChI is InChI=1S/C25H32N2O6/c1-17(28)32-15-20(16-33-18(2)29)27-13-12-21-22(25(27)31)10-7-11-23(21)26-24(30)14-19-8-5-3-4-6-9-19/h7,10-13,19-20H,3-6,8-9,14-16H2,1-2H3,(H,26,30). The lowest BCUT2D eigenvalue weighted by molar-refractivity contribution is -0.145. The number of hydrogen-bond acceptors (Lipinski definition) is 6. The first-order chi connectivity index (χ1) is 15.8. The van der Waals surface area contributed by atoms with Gasteiger partial charge in [0.05, 0.1) is 0 Å². The fourth-order valence-corrected chi connectivity index (χ4v) is 4.36. The highest BCUT2D eigenvalue weighted by atomic mass is 16.5. The van der Waals surface area contributed by atoms with Crippen molar-refractivity contribution in [2.75, 3.05) is 18.5 Å². The van der Waals surface area contributed by atoms with Gasteiger partial charge in [0.25, 0.3) is 5.56 Å². The van der Waals surface area contributed by atoms with E-state index in [0.717, 1.165) is 12.8 Å². The quantitative estimate of drug-likeness (QED) is 0.476. The fraction of sp³-hybridized carbons (Fsp3) is 0.520. The van der Waals surface area contributed by atoms with Crippen LogP contribution in [0.3, 0.4) is 0 Å². The lowest BCUT2D eigenvalue weighted by atomic mass is 9.96. The molecule has 0 aliphatic heterocycles. The molecule has 0 saturated heterocycles. The maximum Gasteiger partial charge on any atom is 0.302 e. The molecule has 0 atom stereocenters. The molecule has 1 aliphatic carbocycles. The molecule has 0 spiro atoms. The van der Waals surface area contributed by atoms with E-state index < -0.39 is 18.0 Å². The molecule has 2 aromatic rings. The fourth-order valence-electron chi connectivity index (χ4n) is 4.36. The molecular formula is C25H32N2O6. The minimum atomic E-state index is -0.664. The molecule has 1 heterocycles. The minimum absolute atomic E-state index is 0.0406. The van der Waals surface area contributed by atoms with Gasteiger partial charge >= 0.3 is 11.9 Å². The summed E-state index contributed by atoms with van der Waals surface area (Å²) < 4.78 is 11.5. The Morgan fingerprint density at radius 2 is 1.61 bits per heavy atom. The number of nitrogens with one attached hydrogen (secondary N) is 1. The van der Waals surface area contributed by atoms with E-state index in [0.29, 0.717) is 28.8 Å². The minimum Gasteiger partial charge on any atom is -0.464 e. The van der Waals surface area contributed by atoms with Crippen molar-refractivity contribution in [3.8, 4) is 0 Å². The number of rotatable bonds is 8. The molecule has 1 aromatic carbocycles. The third-order valence-corrected chi connectivity index (χ3v) is 6.05. The molecule has 1 saturated carbocycles. The Balaban J connectivity index is 1.82. The Kier molecular flexibility index (Phi) is 8.63. The van der Waals surface area contributed by atoms with Crippen molar-refractivity contribution in [1.29, 1.82) is 0 Å². The molecule has 8 heteroatoms. The molecule has 0 unspecified atom stereocenters. The van der Waals surface area contributed by atoms with Gasteiger partial charge in [0.1, 0.15) is 19.3 Å². The van der Waals surface area contributed by atoms with Gasteiger partial charge in [0.2, 0.25) is 5.91 Å². The third kappa shape index (κ3) is 6.91. The predicted molar refractivity (Wildman–Crippen MR) is 125 cm³/mol. The monoisotopic (exact) mass is 456 g/mol. The summed E-state index contributed by atoms with van der Waals surface area (Å²) in [5, 5.41) is 4.03. The van der Waals surface area contributed by atoms with Crippen LogP contribution >= 0.6 is 0 Å². The van der Waals surface area contributed by atoms with E-state index >= 15 is 0 Å². The highest BCUT2D eigenvalue weighted by Crippen LogP contribution is 2.27. The maximum atomic E-state index is 13.2. The number of benzene rings is 1. The van der Waals surface area contributed by atoms with Gasteiger partial charge in [-0.15, -0.1) is 0 Å². The van der Waals surface area contributed by atoms with Crippen molar-refractivity contribution in [1.82, 2.24) is 4.57 Å². The maximum absolute atomic E-state index is 13.2. The Morgan fingerprint density at radius 1 is 0.970 bits per heavy atom. The van der Waals surface area contributed by atoms with Crippen LogP contribution in [0.25, 0.3) is 10.8 Å². The molecule has 0 bridgehead atoms. The average Bonchev–Trinajstić information content (AvgIpc) is 3.03. The summed E-state index contributed by atoms with van der Waals surface area (Å²) in [5.74, 6) is -0.616. The van der Waals surface area contributed by atoms with Crippen molar-refractivity contribution in [3.05, 3.63) is 40.8 Å². The number of fused-ring (bicyclic) bond motifs is 1. The number of anilines is 1. The first-order valence-electron chi connectivity index (χ1n) is 11.6. The van der Waals surface area contributed by atoms with Crippen LogP contribution in [0.15, 0.2) is 35.3 Å². The zero-order valence-corrected chi connectivity index (χ0v) is 19.3. The van der Waals surface area contributed by atoms with Crippen molar-refractivity contribution in [2.24, 2.45) is 5.92 Å². The topological polar surface area (TPSA) is 104 Å². The molecular weight excluding hydrogens is 424 g/mol. The van der Waals surface area contributed by atoms with Gasteiger partial charge in [-0.3, -0.25) is 19.2 Å². The Hall–Kier alpha value is -3.16. The number of esters is 2. The second kappa shape index (κ2) is 11.6. The summed E-state index contributed by atoms with van der Waals surface area (Å²) in [5.41, 5.74) is 0.267. The number of aromatic nitrogens is 1. The molecule has 1 amide bonds. The van der Waals surface area contributed by atoms with Gasteiger partial charge < -0.3 is 19.4 Å². The zero-order valence-electron chi connectivity index (χ0n) is 19.3. The van der Waals surface area contributed by atoms with E-state index in [4.69, 9.17) is 9.47 Å². The summed E-state index contributed by atoms with van der Waals surface area (Å²) in [6, 6.07) is 6.27. The highest BCUT2D eigenvalue weighted by molar-refractivity contribution is 6.01. The molecule has 1 aliphatic rings. The third-order valence-electron chi connectivity index (χ3n) is 6.05. The summed E-state index contributed by atoms with van der Waals surface area (Å²) >= 11 is 0. The largest absolute Gasteiger partial charge is 0.464 e. The second-order valence-corrected chi connectivity index (χ2v) is 8.66. The zero-order chi connectivity index (χ0) is 23.8. The second-order valence-electron chi connectivity index (χ2n) is 8.66. The lowest BCUT2D eigenvalue weighted by Gasteiger charge is -2.20. The van der Waals surface area contributed by atoms with Crippen molar-refractivity contribution < 1.29 is 23.9 Å². The van der Waals surface area contributed by atoms with E-state index in [9.17, 15) is 19.2 Å². The van der Waals surface area contributed by atoms with Crippen LogP contribution in [0.4, 0.5) is 5.69 Å². The molecule has 1 aromatic heterocycles. The number of hydrogen-bond donors (Lipinski definition) is 1. The van der Waals surface area contributed by atoms with Gasteiger partial charge in [-0.05, 0) is 37.0 Å². The molecule has 33 heavy (non-hydrogen) atoms. The SMILES string of the molecule is CC(=O)OCC(COC(C)=O)n1ccc2c(NC(=O)CC3CCCCCC3)cccc2c1=O. The molecule has 1 N–H and O–H groups in total. The first kappa shape index (κ1) is 24.5. The van der Waals surface area contributed by atoms with E-state index in [1.165, 1.54) is 44.1 Å². The molecule has 0 radical (unpaired) electrons. The van der Waals surface area contributed by atoms with E-state index in [1.807, 2.05) is 0 Å². The average molecular weight is 457 g/mol. The van der Waals surface area contributed by atoms with Crippen LogP contribution in [0.1, 0.15) is 64.8 Å². The van der Waals surface area contributed by atoms with Crippen LogP contribution in [-0.4, -0.2) is 35.6 Å². The number of carbonyl (C=O) groups is 3. The van der Waals surface area contributed by atoms with Crippen molar-refractivity contribution in [2.45, 2.75) is 64.8 Å². The molecule has 178 valence electrons. The van der Waals surface area contributed by atoms with Crippen molar-refractivity contribution >= 4 is 34.3 Å². The smallest absolute Gasteiger partial charge is 0.302 e. The highest BCUT2D eigenvalue weighted by Gasteiger charge is 2.20. The molecule has 8 nitrogen and oxygen atoms in total. The Morgan fingerprint density at radius 3 is 2.21 bits per heavy atom. The number of carbonyl (C=O) groups excluding carboxylic acids is 3. The van der Waals surface area contributed by atoms with Crippen molar-refractivity contribution in [3.63, 3.8) is 0 Å². The van der Waals surface area contributed by atoms with Gasteiger partial charge in [-0.2, -0.15) is 0 Å². The van der Waals surface area contributed by atoms with Gasteiger partial charge in [-0.1, -0.05) is 31.7 Å². The Bertz CT molecular complexity index is 1030. The predicted octanol–water partition coefficient (Wildman–Crippen LogP) is 3.97. The number of amides is 1. The summed E-state index contributed by atoms with van der Waals surface area (Å²) in [7, 11) is 0. The van der Waals surface area contributed by atoms with Gasteiger partial charge in [0, 0.05) is 42.9 Å². The normalized spacial score (nSPS) is 14.6. The van der Waals surface area contributed by atoms with Gasteiger partial charge in [-0.25, -0.2) is 0 Å². The van der Waals surface area contributed by atoms with Crippen LogP contribution in [0.2, 0.25) is 0 Å². The lowest BCUT2D eigenvalue weighted by Crippen LogP contribution is -2.31.